The Bertz CT molecular complexity index is 442. The van der Waals surface area contributed by atoms with E-state index in [-0.39, 0.29) is 11.6 Å². The van der Waals surface area contributed by atoms with Gasteiger partial charge in [-0.3, -0.25) is 0 Å². The molecular formula is C14H20F3N3. The standard InChI is InChI=1S/C14H20F3N3/c1-2-18-12-8-11(14(15,16)17)9-13(20-12)19-7-6-10-4-3-5-10/h8-10H,2-7H2,1H3,(H2,18,19,20). The summed E-state index contributed by atoms with van der Waals surface area (Å²) in [5.41, 5.74) is -0.672. The van der Waals surface area contributed by atoms with Crippen LogP contribution < -0.4 is 10.6 Å². The van der Waals surface area contributed by atoms with Gasteiger partial charge in [-0.1, -0.05) is 19.3 Å². The van der Waals surface area contributed by atoms with E-state index in [1.165, 1.54) is 19.3 Å². The Labute approximate surface area is 117 Å². The molecule has 6 heteroatoms. The second-order valence-electron chi connectivity index (χ2n) is 5.17. The van der Waals surface area contributed by atoms with Crippen LogP contribution in [-0.2, 0) is 6.18 Å². The fourth-order valence-corrected chi connectivity index (χ4v) is 2.24. The van der Waals surface area contributed by atoms with E-state index < -0.39 is 11.7 Å². The largest absolute Gasteiger partial charge is 0.416 e. The highest BCUT2D eigenvalue weighted by Crippen LogP contribution is 2.32. The summed E-state index contributed by atoms with van der Waals surface area (Å²) in [6.45, 7) is 3.03. The number of anilines is 2. The Morgan fingerprint density at radius 3 is 2.35 bits per heavy atom. The molecule has 112 valence electrons. The number of nitrogens with one attached hydrogen (secondary N) is 2. The lowest BCUT2D eigenvalue weighted by Crippen LogP contribution is -2.17. The Hall–Kier alpha value is -1.46. The maximum atomic E-state index is 12.8. The van der Waals surface area contributed by atoms with Gasteiger partial charge in [0, 0.05) is 13.1 Å². The molecule has 20 heavy (non-hydrogen) atoms. The SMILES string of the molecule is CCNc1cc(C(F)(F)F)cc(NCCC2CCC2)n1. The number of alkyl halides is 3. The van der Waals surface area contributed by atoms with E-state index in [1.54, 1.807) is 0 Å². The molecule has 0 atom stereocenters. The Morgan fingerprint density at radius 1 is 1.20 bits per heavy atom. The highest BCUT2D eigenvalue weighted by molar-refractivity contribution is 5.49. The molecule has 0 aromatic carbocycles. The van der Waals surface area contributed by atoms with Gasteiger partial charge in [-0.2, -0.15) is 13.2 Å². The van der Waals surface area contributed by atoms with Crippen molar-refractivity contribution in [1.82, 2.24) is 4.98 Å². The molecule has 0 spiro atoms. The van der Waals surface area contributed by atoms with E-state index >= 15 is 0 Å². The Morgan fingerprint density at radius 2 is 1.85 bits per heavy atom. The molecule has 0 bridgehead atoms. The fraction of sp³-hybridized carbons (Fsp3) is 0.643. The van der Waals surface area contributed by atoms with Crippen molar-refractivity contribution in [2.75, 3.05) is 23.7 Å². The Kier molecular flexibility index (Phi) is 4.73. The molecule has 2 N–H and O–H groups in total. The van der Waals surface area contributed by atoms with Crippen LogP contribution in [0.25, 0.3) is 0 Å². The van der Waals surface area contributed by atoms with Crippen LogP contribution in [0.2, 0.25) is 0 Å². The van der Waals surface area contributed by atoms with Crippen LogP contribution in [0.15, 0.2) is 12.1 Å². The molecule has 0 aliphatic heterocycles. The molecular weight excluding hydrogens is 267 g/mol. The van der Waals surface area contributed by atoms with Gasteiger partial charge >= 0.3 is 6.18 Å². The first-order chi connectivity index (χ1) is 9.49. The van der Waals surface area contributed by atoms with Crippen molar-refractivity contribution in [3.05, 3.63) is 17.7 Å². The number of nitrogens with zero attached hydrogens (tertiary/aromatic N) is 1. The minimum atomic E-state index is -4.35. The topological polar surface area (TPSA) is 37.0 Å². The lowest BCUT2D eigenvalue weighted by molar-refractivity contribution is -0.137. The zero-order chi connectivity index (χ0) is 14.6. The van der Waals surface area contributed by atoms with E-state index in [1.807, 2.05) is 6.92 Å². The van der Waals surface area contributed by atoms with Gasteiger partial charge < -0.3 is 10.6 Å². The van der Waals surface area contributed by atoms with E-state index in [9.17, 15) is 13.2 Å². The number of aromatic nitrogens is 1. The summed E-state index contributed by atoms with van der Waals surface area (Å²) in [4.78, 5) is 4.16. The van der Waals surface area contributed by atoms with E-state index in [0.717, 1.165) is 24.5 Å². The highest BCUT2D eigenvalue weighted by atomic mass is 19.4. The third-order valence-electron chi connectivity index (χ3n) is 3.59. The number of halogens is 3. The average molecular weight is 287 g/mol. The predicted molar refractivity (Wildman–Crippen MR) is 73.9 cm³/mol. The summed E-state index contributed by atoms with van der Waals surface area (Å²) >= 11 is 0. The number of pyridine rings is 1. The summed E-state index contributed by atoms with van der Waals surface area (Å²) in [6, 6.07) is 2.11. The van der Waals surface area contributed by atoms with Crippen LogP contribution in [-0.4, -0.2) is 18.1 Å². The monoisotopic (exact) mass is 287 g/mol. The minimum Gasteiger partial charge on any atom is -0.370 e. The zero-order valence-electron chi connectivity index (χ0n) is 11.6. The molecule has 0 unspecified atom stereocenters. The smallest absolute Gasteiger partial charge is 0.370 e. The van der Waals surface area contributed by atoms with Gasteiger partial charge in [-0.05, 0) is 31.4 Å². The molecule has 1 aliphatic rings. The van der Waals surface area contributed by atoms with Crippen molar-refractivity contribution in [2.45, 2.75) is 38.8 Å². The molecule has 1 aromatic rings. The lowest BCUT2D eigenvalue weighted by atomic mass is 9.83. The normalized spacial score (nSPS) is 15.8. The van der Waals surface area contributed by atoms with E-state index in [0.29, 0.717) is 13.1 Å². The first-order valence-corrected chi connectivity index (χ1v) is 7.06. The van der Waals surface area contributed by atoms with Gasteiger partial charge in [0.25, 0.3) is 0 Å². The molecule has 3 nitrogen and oxygen atoms in total. The summed E-state index contributed by atoms with van der Waals surface area (Å²) in [5, 5.41) is 5.83. The summed E-state index contributed by atoms with van der Waals surface area (Å²) in [5.74, 6) is 1.27. The van der Waals surface area contributed by atoms with Crippen LogP contribution in [0.1, 0.15) is 38.2 Å². The molecule has 0 saturated heterocycles. The molecule has 0 radical (unpaired) electrons. The highest BCUT2D eigenvalue weighted by Gasteiger charge is 2.31. The molecule has 1 saturated carbocycles. The second kappa shape index (κ2) is 6.33. The van der Waals surface area contributed by atoms with Crippen molar-refractivity contribution in [3.63, 3.8) is 0 Å². The average Bonchev–Trinajstić information content (AvgIpc) is 2.31. The predicted octanol–water partition coefficient (Wildman–Crippen LogP) is 4.13. The molecule has 1 aromatic heterocycles. The van der Waals surface area contributed by atoms with Gasteiger partial charge in [0.2, 0.25) is 0 Å². The van der Waals surface area contributed by atoms with Crippen molar-refractivity contribution in [3.8, 4) is 0 Å². The zero-order valence-corrected chi connectivity index (χ0v) is 11.6. The maximum absolute atomic E-state index is 12.8. The quantitative estimate of drug-likeness (QED) is 0.826. The summed E-state index contributed by atoms with van der Waals surface area (Å²) in [6.07, 6.45) is 0.393. The first-order valence-electron chi connectivity index (χ1n) is 7.06. The van der Waals surface area contributed by atoms with Gasteiger partial charge in [0.15, 0.2) is 0 Å². The molecule has 1 fully saturated rings. The van der Waals surface area contributed by atoms with Gasteiger partial charge in [0.05, 0.1) is 5.56 Å². The third kappa shape index (κ3) is 4.02. The summed E-state index contributed by atoms with van der Waals surface area (Å²) in [7, 11) is 0. The lowest BCUT2D eigenvalue weighted by Gasteiger charge is -2.25. The fourth-order valence-electron chi connectivity index (χ4n) is 2.24. The van der Waals surface area contributed by atoms with Crippen LogP contribution in [0, 0.1) is 5.92 Å². The maximum Gasteiger partial charge on any atom is 0.416 e. The second-order valence-corrected chi connectivity index (χ2v) is 5.17. The number of hydrogen-bond donors (Lipinski definition) is 2. The van der Waals surface area contributed by atoms with Crippen molar-refractivity contribution in [1.29, 1.82) is 0 Å². The first kappa shape index (κ1) is 14.9. The Balaban J connectivity index is 2.03. The third-order valence-corrected chi connectivity index (χ3v) is 3.59. The van der Waals surface area contributed by atoms with Crippen LogP contribution >= 0.6 is 0 Å². The van der Waals surface area contributed by atoms with Gasteiger partial charge in [-0.15, -0.1) is 0 Å². The molecule has 2 rings (SSSR count). The van der Waals surface area contributed by atoms with Gasteiger partial charge in [-0.25, -0.2) is 4.98 Å². The van der Waals surface area contributed by atoms with Crippen LogP contribution in [0.5, 0.6) is 0 Å². The summed E-state index contributed by atoms with van der Waals surface area (Å²) < 4.78 is 38.5. The minimum absolute atomic E-state index is 0.258. The molecule has 1 heterocycles. The van der Waals surface area contributed by atoms with E-state index in [2.05, 4.69) is 15.6 Å². The van der Waals surface area contributed by atoms with Crippen LogP contribution in [0.3, 0.4) is 0 Å². The number of rotatable bonds is 6. The van der Waals surface area contributed by atoms with E-state index in [4.69, 9.17) is 0 Å². The van der Waals surface area contributed by atoms with Gasteiger partial charge in [0.1, 0.15) is 11.6 Å². The van der Waals surface area contributed by atoms with Crippen molar-refractivity contribution < 1.29 is 13.2 Å². The van der Waals surface area contributed by atoms with Crippen molar-refractivity contribution >= 4 is 11.6 Å². The van der Waals surface area contributed by atoms with Crippen molar-refractivity contribution in [2.24, 2.45) is 5.92 Å². The van der Waals surface area contributed by atoms with Crippen LogP contribution in [0.4, 0.5) is 24.8 Å². The molecule has 1 aliphatic carbocycles. The molecule has 0 amide bonds. The number of hydrogen-bond acceptors (Lipinski definition) is 3.